The van der Waals surface area contributed by atoms with E-state index in [4.69, 9.17) is 0 Å². The molecule has 2 N–H and O–H groups in total. The number of hydrogen-bond acceptors (Lipinski definition) is 4. The molecular formula is C8H15N3O3S2. The van der Waals surface area contributed by atoms with Gasteiger partial charge in [0.1, 0.15) is 0 Å². The monoisotopic (exact) mass is 265 g/mol. The van der Waals surface area contributed by atoms with Crippen LogP contribution in [0.4, 0.5) is 0 Å². The van der Waals surface area contributed by atoms with Crippen LogP contribution in [0.2, 0.25) is 0 Å². The minimum atomic E-state index is -3.51. The third-order valence-corrected chi connectivity index (χ3v) is 4.93. The second-order valence-electron chi connectivity index (χ2n) is 3.42. The van der Waals surface area contributed by atoms with Gasteiger partial charge in [-0.2, -0.15) is 5.10 Å². The number of hydrogen-bond donors (Lipinski definition) is 2. The Morgan fingerprint density at radius 2 is 2.31 bits per heavy atom. The zero-order chi connectivity index (χ0) is 12.2. The van der Waals surface area contributed by atoms with Crippen LogP contribution in [-0.4, -0.2) is 40.9 Å². The third-order valence-electron chi connectivity index (χ3n) is 2.17. The summed E-state index contributed by atoms with van der Waals surface area (Å²) in [7, 11) is -4.44. The molecule has 0 fully saturated rings. The maximum atomic E-state index is 11.6. The second kappa shape index (κ2) is 5.55. The predicted octanol–water partition coefficient (Wildman–Crippen LogP) is -0.155. The highest BCUT2D eigenvalue weighted by atomic mass is 32.2. The molecule has 0 aliphatic heterocycles. The van der Waals surface area contributed by atoms with E-state index in [1.807, 2.05) is 6.92 Å². The molecule has 1 aromatic rings. The maximum absolute atomic E-state index is 11.6. The van der Waals surface area contributed by atoms with Crippen LogP contribution < -0.4 is 4.72 Å². The number of H-pyrrole nitrogens is 1. The molecule has 6 nitrogen and oxygen atoms in total. The summed E-state index contributed by atoms with van der Waals surface area (Å²) in [4.78, 5) is 0. The Labute approximate surface area is 97.3 Å². The topological polar surface area (TPSA) is 91.9 Å². The van der Waals surface area contributed by atoms with Crippen LogP contribution in [0, 0.1) is 0 Å². The molecule has 0 spiro atoms. The average Bonchev–Trinajstić information content (AvgIpc) is 2.70. The molecule has 0 aromatic carbocycles. The van der Waals surface area contributed by atoms with Gasteiger partial charge >= 0.3 is 0 Å². The second-order valence-corrected chi connectivity index (χ2v) is 6.95. The average molecular weight is 265 g/mol. The lowest BCUT2D eigenvalue weighted by molar-refractivity contribution is 0.573. The van der Waals surface area contributed by atoms with Crippen LogP contribution in [0.1, 0.15) is 13.3 Å². The van der Waals surface area contributed by atoms with Gasteiger partial charge in [-0.15, -0.1) is 0 Å². The van der Waals surface area contributed by atoms with Crippen molar-refractivity contribution in [1.29, 1.82) is 0 Å². The van der Waals surface area contributed by atoms with Crippen LogP contribution in [-0.2, 0) is 20.8 Å². The molecule has 0 aliphatic carbocycles. The minimum absolute atomic E-state index is 0.0236. The van der Waals surface area contributed by atoms with Crippen molar-refractivity contribution in [2.75, 3.05) is 12.8 Å². The number of aromatic nitrogens is 2. The molecule has 0 bridgehead atoms. The molecule has 0 aliphatic rings. The van der Waals surface area contributed by atoms with E-state index in [0.717, 1.165) is 0 Å². The lowest BCUT2D eigenvalue weighted by Gasteiger charge is -2.08. The molecule has 16 heavy (non-hydrogen) atoms. The number of nitrogens with one attached hydrogen (secondary N) is 2. The zero-order valence-corrected chi connectivity index (χ0v) is 10.8. The van der Waals surface area contributed by atoms with Gasteiger partial charge in [0, 0.05) is 28.9 Å². The van der Waals surface area contributed by atoms with E-state index in [-0.39, 0.29) is 16.8 Å². The lowest BCUT2D eigenvalue weighted by Crippen LogP contribution is -2.27. The predicted molar refractivity (Wildman–Crippen MR) is 61.9 cm³/mol. The van der Waals surface area contributed by atoms with Crippen LogP contribution >= 0.6 is 0 Å². The first kappa shape index (κ1) is 13.3. The van der Waals surface area contributed by atoms with Crippen LogP contribution in [0.5, 0.6) is 0 Å². The van der Waals surface area contributed by atoms with Gasteiger partial charge in [-0.25, -0.2) is 13.1 Å². The summed E-state index contributed by atoms with van der Waals surface area (Å²) in [5, 5.41) is 5.96. The number of nitrogens with zero attached hydrogens (tertiary/aromatic N) is 1. The molecule has 0 saturated heterocycles. The molecule has 92 valence electrons. The summed E-state index contributed by atoms with van der Waals surface area (Å²) >= 11 is 0. The first-order valence-electron chi connectivity index (χ1n) is 4.75. The number of aromatic amines is 1. The van der Waals surface area contributed by atoms with Crippen molar-refractivity contribution in [2.45, 2.75) is 23.6 Å². The molecule has 0 amide bonds. The number of sulfonamides is 1. The summed E-state index contributed by atoms with van der Waals surface area (Å²) in [5.74, 6) is 0. The van der Waals surface area contributed by atoms with Crippen molar-refractivity contribution in [2.24, 2.45) is 0 Å². The van der Waals surface area contributed by atoms with Gasteiger partial charge in [-0.3, -0.25) is 9.31 Å². The normalized spacial score (nSPS) is 15.9. The smallest absolute Gasteiger partial charge is 0.257 e. The van der Waals surface area contributed by atoms with Gasteiger partial charge in [0.2, 0.25) is 0 Å². The lowest BCUT2D eigenvalue weighted by atomic mass is 10.3. The molecule has 2 unspecified atom stereocenters. The van der Waals surface area contributed by atoms with Crippen LogP contribution in [0.15, 0.2) is 17.3 Å². The molecular weight excluding hydrogens is 250 g/mol. The highest BCUT2D eigenvalue weighted by Gasteiger charge is 2.15. The SMILES string of the molecule is CC(CCNS(=O)(=O)c1ccn[nH]1)S(C)=O. The molecule has 0 saturated carbocycles. The largest absolute Gasteiger partial charge is 0.266 e. The van der Waals surface area contributed by atoms with E-state index in [2.05, 4.69) is 14.9 Å². The molecule has 1 heterocycles. The first-order chi connectivity index (χ1) is 7.43. The summed E-state index contributed by atoms with van der Waals surface area (Å²) < 4.78 is 36.6. The molecule has 1 rings (SSSR count). The van der Waals surface area contributed by atoms with Crippen LogP contribution in [0.25, 0.3) is 0 Å². The maximum Gasteiger partial charge on any atom is 0.257 e. The zero-order valence-electron chi connectivity index (χ0n) is 9.13. The van der Waals surface area contributed by atoms with Crippen molar-refractivity contribution < 1.29 is 12.6 Å². The Morgan fingerprint density at radius 1 is 1.62 bits per heavy atom. The van der Waals surface area contributed by atoms with E-state index in [1.54, 1.807) is 6.26 Å². The first-order valence-corrected chi connectivity index (χ1v) is 7.85. The van der Waals surface area contributed by atoms with E-state index in [9.17, 15) is 12.6 Å². The highest BCUT2D eigenvalue weighted by molar-refractivity contribution is 7.89. The summed E-state index contributed by atoms with van der Waals surface area (Å²) in [6.07, 6.45) is 3.52. The molecule has 8 heteroatoms. The summed E-state index contributed by atoms with van der Waals surface area (Å²) in [6, 6.07) is 1.38. The Balaban J connectivity index is 2.47. The van der Waals surface area contributed by atoms with Crippen molar-refractivity contribution in [3.63, 3.8) is 0 Å². The Kier molecular flexibility index (Phi) is 4.63. The fraction of sp³-hybridized carbons (Fsp3) is 0.625. The quantitative estimate of drug-likeness (QED) is 0.748. The van der Waals surface area contributed by atoms with E-state index >= 15 is 0 Å². The van der Waals surface area contributed by atoms with Crippen LogP contribution in [0.3, 0.4) is 0 Å². The van der Waals surface area contributed by atoms with Gasteiger partial charge in [-0.05, 0) is 12.5 Å². The van der Waals surface area contributed by atoms with Gasteiger partial charge in [-0.1, -0.05) is 6.92 Å². The van der Waals surface area contributed by atoms with E-state index < -0.39 is 20.8 Å². The van der Waals surface area contributed by atoms with Gasteiger partial charge in [0.25, 0.3) is 10.0 Å². The van der Waals surface area contributed by atoms with Gasteiger partial charge in [0.15, 0.2) is 5.03 Å². The molecule has 1 aromatic heterocycles. The minimum Gasteiger partial charge on any atom is -0.266 e. The summed E-state index contributed by atoms with van der Waals surface area (Å²) in [6.45, 7) is 2.09. The van der Waals surface area contributed by atoms with Crippen molar-refractivity contribution in [1.82, 2.24) is 14.9 Å². The van der Waals surface area contributed by atoms with E-state index in [1.165, 1.54) is 12.3 Å². The fourth-order valence-electron chi connectivity index (χ4n) is 1.03. The highest BCUT2D eigenvalue weighted by Crippen LogP contribution is 2.03. The van der Waals surface area contributed by atoms with E-state index in [0.29, 0.717) is 6.42 Å². The Hall–Kier alpha value is -0.730. The standard InChI is InChI=1S/C8H15N3O3S2/c1-7(15(2)12)3-6-10-16(13,14)8-4-5-9-11-8/h4-5,7,10H,3,6H2,1-2H3,(H,9,11). The van der Waals surface area contributed by atoms with Gasteiger partial charge < -0.3 is 0 Å². The molecule has 0 radical (unpaired) electrons. The van der Waals surface area contributed by atoms with Crippen molar-refractivity contribution in [3.05, 3.63) is 12.3 Å². The molecule has 2 atom stereocenters. The number of rotatable bonds is 6. The Bertz CT molecular complexity index is 441. The summed E-state index contributed by atoms with van der Waals surface area (Å²) in [5.41, 5.74) is 0. The van der Waals surface area contributed by atoms with Gasteiger partial charge in [0.05, 0.1) is 6.20 Å². The Morgan fingerprint density at radius 3 is 2.81 bits per heavy atom. The fourth-order valence-corrected chi connectivity index (χ4v) is 2.44. The third kappa shape index (κ3) is 3.69. The van der Waals surface area contributed by atoms with Crippen molar-refractivity contribution in [3.8, 4) is 0 Å². The van der Waals surface area contributed by atoms with Crippen molar-refractivity contribution >= 4 is 20.8 Å².